The zero-order chi connectivity index (χ0) is 22.3. The van der Waals surface area contributed by atoms with E-state index in [2.05, 4.69) is 13.8 Å². The van der Waals surface area contributed by atoms with Gasteiger partial charge in [-0.25, -0.2) is 0 Å². The van der Waals surface area contributed by atoms with Crippen molar-refractivity contribution in [3.63, 3.8) is 0 Å². The molecule has 0 amide bonds. The van der Waals surface area contributed by atoms with Gasteiger partial charge in [0.05, 0.1) is 7.11 Å². The minimum absolute atomic E-state index is 0. The van der Waals surface area contributed by atoms with E-state index in [9.17, 15) is 9.59 Å². The van der Waals surface area contributed by atoms with Gasteiger partial charge in [0.1, 0.15) is 11.7 Å². The molecule has 0 heterocycles. The van der Waals surface area contributed by atoms with Gasteiger partial charge in [0.2, 0.25) is 0 Å². The molecule has 0 aromatic heterocycles. The number of carbonyl (C=O) groups excluding carboxylic acids is 2. The third kappa shape index (κ3) is 21.7. The van der Waals surface area contributed by atoms with E-state index in [1.165, 1.54) is 103 Å². The molecule has 4 heteroatoms. The molecule has 0 aliphatic rings. The van der Waals surface area contributed by atoms with Gasteiger partial charge in [-0.05, 0) is 12.8 Å². The molecular formula is C27H53NaO3. The SMILES string of the molecule is CCCCCCCCCCCCCC(=O)C(CCCCCCCCCC)C(=O)OC.[H-].[Na+]. The molecule has 0 saturated heterocycles. The monoisotopic (exact) mass is 448 g/mol. The first-order valence-electron chi connectivity index (χ1n) is 13.3. The standard InChI is InChI=1S/C27H52O3.Na.H/c1-4-6-8-10-12-14-15-16-18-20-22-24-26(28)25(27(29)30-3)23-21-19-17-13-11-9-7-5-2;;/h25H,4-24H2,1-3H3;;/q;+1;-1. The number of hydrogen-bond donors (Lipinski definition) is 0. The summed E-state index contributed by atoms with van der Waals surface area (Å²) in [6.45, 7) is 4.50. The van der Waals surface area contributed by atoms with Crippen molar-refractivity contribution in [1.82, 2.24) is 0 Å². The second-order valence-electron chi connectivity index (χ2n) is 9.09. The number of Topliss-reactive ketones (excluding diaryl/α,β-unsaturated/α-hetero) is 1. The number of rotatable bonds is 23. The third-order valence-electron chi connectivity index (χ3n) is 6.25. The van der Waals surface area contributed by atoms with Crippen LogP contribution in [-0.2, 0) is 14.3 Å². The molecule has 0 saturated carbocycles. The third-order valence-corrected chi connectivity index (χ3v) is 6.25. The van der Waals surface area contributed by atoms with Crippen LogP contribution in [0.1, 0.15) is 150 Å². The quantitative estimate of drug-likeness (QED) is 0.0872. The van der Waals surface area contributed by atoms with E-state index < -0.39 is 5.92 Å². The molecule has 0 aliphatic heterocycles. The second kappa shape index (κ2) is 26.4. The molecule has 31 heavy (non-hydrogen) atoms. The topological polar surface area (TPSA) is 43.4 Å². The zero-order valence-corrected chi connectivity index (χ0v) is 23.7. The van der Waals surface area contributed by atoms with Crippen molar-refractivity contribution in [3.8, 4) is 0 Å². The predicted octanol–water partition coefficient (Wildman–Crippen LogP) is 5.69. The first kappa shape index (κ1) is 33.3. The van der Waals surface area contributed by atoms with Gasteiger partial charge in [0.15, 0.2) is 0 Å². The Bertz CT molecular complexity index is 404. The van der Waals surface area contributed by atoms with Crippen LogP contribution in [0.15, 0.2) is 0 Å². The molecule has 0 spiro atoms. The summed E-state index contributed by atoms with van der Waals surface area (Å²) in [7, 11) is 1.40. The van der Waals surface area contributed by atoms with Crippen molar-refractivity contribution in [2.75, 3.05) is 7.11 Å². The summed E-state index contributed by atoms with van der Waals surface area (Å²) in [5, 5.41) is 0. The van der Waals surface area contributed by atoms with Crippen molar-refractivity contribution in [2.45, 2.75) is 149 Å². The van der Waals surface area contributed by atoms with Gasteiger partial charge in [-0.3, -0.25) is 9.59 Å². The van der Waals surface area contributed by atoms with Crippen LogP contribution >= 0.6 is 0 Å². The van der Waals surface area contributed by atoms with Crippen LogP contribution in [0, 0.1) is 5.92 Å². The van der Waals surface area contributed by atoms with Gasteiger partial charge in [-0.2, -0.15) is 0 Å². The van der Waals surface area contributed by atoms with Crippen LogP contribution in [-0.4, -0.2) is 18.9 Å². The van der Waals surface area contributed by atoms with Gasteiger partial charge in [0.25, 0.3) is 0 Å². The van der Waals surface area contributed by atoms with Crippen molar-refractivity contribution < 1.29 is 45.3 Å². The Morgan fingerprint density at radius 2 is 0.968 bits per heavy atom. The number of ether oxygens (including phenoxy) is 1. The van der Waals surface area contributed by atoms with Crippen molar-refractivity contribution in [1.29, 1.82) is 0 Å². The van der Waals surface area contributed by atoms with Gasteiger partial charge in [0, 0.05) is 6.42 Å². The molecular weight excluding hydrogens is 395 g/mol. The van der Waals surface area contributed by atoms with E-state index in [1.807, 2.05) is 0 Å². The van der Waals surface area contributed by atoms with Crippen LogP contribution in [0.3, 0.4) is 0 Å². The predicted molar refractivity (Wildman–Crippen MR) is 130 cm³/mol. The Hall–Kier alpha value is 0.140. The number of ketones is 1. The molecule has 0 fully saturated rings. The van der Waals surface area contributed by atoms with E-state index in [1.54, 1.807) is 0 Å². The fourth-order valence-electron chi connectivity index (χ4n) is 4.17. The molecule has 180 valence electrons. The van der Waals surface area contributed by atoms with Gasteiger partial charge < -0.3 is 6.16 Å². The van der Waals surface area contributed by atoms with Gasteiger partial charge in [-0.15, -0.1) is 0 Å². The maximum absolute atomic E-state index is 12.5. The van der Waals surface area contributed by atoms with E-state index in [0.29, 0.717) is 12.8 Å². The van der Waals surface area contributed by atoms with Gasteiger partial charge in [-0.1, -0.05) is 129 Å². The average molecular weight is 449 g/mol. The van der Waals surface area contributed by atoms with Crippen LogP contribution in [0.4, 0.5) is 0 Å². The zero-order valence-electron chi connectivity index (χ0n) is 22.7. The summed E-state index contributed by atoms with van der Waals surface area (Å²) in [5.41, 5.74) is 0. The summed E-state index contributed by atoms with van der Waals surface area (Å²) in [6, 6.07) is 0. The Morgan fingerprint density at radius 3 is 1.35 bits per heavy atom. The first-order valence-corrected chi connectivity index (χ1v) is 13.3. The molecule has 0 bridgehead atoms. The Balaban J connectivity index is -0.00000420. The normalized spacial score (nSPS) is 11.7. The van der Waals surface area contributed by atoms with Crippen LogP contribution in [0.2, 0.25) is 0 Å². The molecule has 0 aromatic rings. The number of esters is 1. The molecule has 0 radical (unpaired) electrons. The average Bonchev–Trinajstić information content (AvgIpc) is 2.75. The Labute approximate surface area is 218 Å². The minimum atomic E-state index is -0.529. The Morgan fingerprint density at radius 1 is 0.613 bits per heavy atom. The maximum atomic E-state index is 12.5. The minimum Gasteiger partial charge on any atom is -1.00 e. The number of carbonyl (C=O) groups is 2. The Kier molecular flexibility index (Phi) is 28.4. The van der Waals surface area contributed by atoms with Crippen molar-refractivity contribution in [2.24, 2.45) is 5.92 Å². The molecule has 0 aliphatic carbocycles. The van der Waals surface area contributed by atoms with Crippen molar-refractivity contribution in [3.05, 3.63) is 0 Å². The summed E-state index contributed by atoms with van der Waals surface area (Å²) in [4.78, 5) is 24.6. The van der Waals surface area contributed by atoms with Crippen LogP contribution < -0.4 is 29.6 Å². The fraction of sp³-hybridized carbons (Fsp3) is 0.926. The summed E-state index contributed by atoms with van der Waals surface area (Å²) in [5.74, 6) is -0.759. The first-order chi connectivity index (χ1) is 14.7. The molecule has 0 N–H and O–H groups in total. The number of unbranched alkanes of at least 4 members (excludes halogenated alkanes) is 17. The van der Waals surface area contributed by atoms with E-state index in [0.717, 1.165) is 25.7 Å². The molecule has 1 atom stereocenters. The van der Waals surface area contributed by atoms with E-state index >= 15 is 0 Å². The summed E-state index contributed by atoms with van der Waals surface area (Å²) in [6.07, 6.45) is 25.0. The van der Waals surface area contributed by atoms with Gasteiger partial charge >= 0.3 is 35.5 Å². The summed E-state index contributed by atoms with van der Waals surface area (Å²) < 4.78 is 4.90. The molecule has 3 nitrogen and oxygen atoms in total. The van der Waals surface area contributed by atoms with Crippen LogP contribution in [0.25, 0.3) is 0 Å². The maximum Gasteiger partial charge on any atom is 1.00 e. The summed E-state index contributed by atoms with van der Waals surface area (Å²) >= 11 is 0. The fourth-order valence-corrected chi connectivity index (χ4v) is 4.17. The number of hydrogen-bond acceptors (Lipinski definition) is 3. The van der Waals surface area contributed by atoms with Crippen LogP contribution in [0.5, 0.6) is 0 Å². The smallest absolute Gasteiger partial charge is 1.00 e. The largest absolute Gasteiger partial charge is 1.00 e. The molecule has 1 unspecified atom stereocenters. The second-order valence-corrected chi connectivity index (χ2v) is 9.09. The van der Waals surface area contributed by atoms with E-state index in [4.69, 9.17) is 4.74 Å². The van der Waals surface area contributed by atoms with E-state index in [-0.39, 0.29) is 42.7 Å². The molecule has 0 aromatic carbocycles. The number of methoxy groups -OCH3 is 1. The molecule has 0 rings (SSSR count). The van der Waals surface area contributed by atoms with Crippen molar-refractivity contribution >= 4 is 11.8 Å².